The molecule has 6 nitrogen and oxygen atoms in total. The summed E-state index contributed by atoms with van der Waals surface area (Å²) in [6.07, 6.45) is 2.80. The van der Waals surface area contributed by atoms with Gasteiger partial charge in [0.15, 0.2) is 11.5 Å². The van der Waals surface area contributed by atoms with Gasteiger partial charge in [-0.25, -0.2) is 13.5 Å². The van der Waals surface area contributed by atoms with Gasteiger partial charge in [0.05, 0.1) is 12.7 Å². The van der Waals surface area contributed by atoms with E-state index in [0.29, 0.717) is 25.1 Å². The number of carbonyl (C=O) groups is 2. The summed E-state index contributed by atoms with van der Waals surface area (Å²) in [6, 6.07) is 12.6. The third-order valence-corrected chi connectivity index (χ3v) is 5.28. The van der Waals surface area contributed by atoms with Crippen molar-refractivity contribution in [1.82, 2.24) is 19.9 Å². The summed E-state index contributed by atoms with van der Waals surface area (Å²) in [4.78, 5) is 27.2. The van der Waals surface area contributed by atoms with Crippen LogP contribution in [0.1, 0.15) is 39.3 Å². The molecule has 2 aromatic carbocycles. The van der Waals surface area contributed by atoms with Crippen LogP contribution in [-0.4, -0.2) is 44.7 Å². The van der Waals surface area contributed by atoms with Crippen LogP contribution in [0.15, 0.2) is 54.7 Å². The largest absolute Gasteiger partial charge is 0.336 e. The number of halogens is 2. The molecule has 1 unspecified atom stereocenters. The molecular weight excluding hydrogens is 390 g/mol. The number of aromatic nitrogens is 3. The molecule has 4 rings (SSSR count). The molecule has 0 N–H and O–H groups in total. The number of hydrogen-bond acceptors (Lipinski definition) is 4. The zero-order valence-corrected chi connectivity index (χ0v) is 16.2. The molecule has 0 spiro atoms. The van der Waals surface area contributed by atoms with E-state index in [1.165, 1.54) is 29.1 Å². The van der Waals surface area contributed by atoms with Crippen molar-refractivity contribution in [1.29, 1.82) is 0 Å². The lowest BCUT2D eigenvalue weighted by molar-refractivity contribution is 0.0632. The molecule has 1 aliphatic heterocycles. The molecule has 2 heterocycles. The highest BCUT2D eigenvalue weighted by atomic mass is 19.1. The molecule has 8 heteroatoms. The molecule has 0 saturated carbocycles. The SMILES string of the molecule is O=C(c1ccccc1)C1CCCN(C(=O)c2cn(Cc3c(F)cccc3F)nn2)C1. The summed E-state index contributed by atoms with van der Waals surface area (Å²) >= 11 is 0. The number of likely N-dealkylation sites (tertiary alicyclic amines) is 1. The first kappa shape index (κ1) is 19.9. The molecule has 30 heavy (non-hydrogen) atoms. The molecule has 1 fully saturated rings. The van der Waals surface area contributed by atoms with E-state index in [1.807, 2.05) is 18.2 Å². The van der Waals surface area contributed by atoms with Crippen LogP contribution in [0.3, 0.4) is 0 Å². The predicted molar refractivity (Wildman–Crippen MR) is 105 cm³/mol. The first-order chi connectivity index (χ1) is 14.5. The van der Waals surface area contributed by atoms with E-state index in [4.69, 9.17) is 0 Å². The fourth-order valence-corrected chi connectivity index (χ4v) is 3.69. The summed E-state index contributed by atoms with van der Waals surface area (Å²) in [5.41, 5.74) is 0.571. The fraction of sp³-hybridized carbons (Fsp3) is 0.273. The summed E-state index contributed by atoms with van der Waals surface area (Å²) in [5.74, 6) is -1.96. The van der Waals surface area contributed by atoms with E-state index < -0.39 is 11.6 Å². The van der Waals surface area contributed by atoms with Gasteiger partial charge in [0.2, 0.25) is 0 Å². The Hall–Kier alpha value is -3.42. The maximum Gasteiger partial charge on any atom is 0.276 e. The normalized spacial score (nSPS) is 16.5. The molecule has 1 aromatic heterocycles. The van der Waals surface area contributed by atoms with Crippen LogP contribution >= 0.6 is 0 Å². The standard InChI is InChI=1S/C22H20F2N4O2/c23-18-9-4-10-19(24)17(18)13-28-14-20(25-26-28)22(30)27-11-5-8-16(12-27)21(29)15-6-2-1-3-7-15/h1-4,6-7,9-10,14,16H,5,8,11-13H2. The zero-order valence-electron chi connectivity index (χ0n) is 16.2. The van der Waals surface area contributed by atoms with Crippen LogP contribution in [0.2, 0.25) is 0 Å². The van der Waals surface area contributed by atoms with Gasteiger partial charge in [0, 0.05) is 30.1 Å². The Labute approximate surface area is 172 Å². The minimum Gasteiger partial charge on any atom is -0.336 e. The molecule has 1 aliphatic rings. The first-order valence-electron chi connectivity index (χ1n) is 9.74. The van der Waals surface area contributed by atoms with Crippen LogP contribution in [0, 0.1) is 17.6 Å². The zero-order chi connectivity index (χ0) is 21.1. The Morgan fingerprint density at radius 2 is 1.77 bits per heavy atom. The van der Waals surface area contributed by atoms with Gasteiger partial charge in [0.25, 0.3) is 5.91 Å². The van der Waals surface area contributed by atoms with E-state index in [9.17, 15) is 18.4 Å². The van der Waals surface area contributed by atoms with Gasteiger partial charge in [-0.3, -0.25) is 9.59 Å². The van der Waals surface area contributed by atoms with Crippen molar-refractivity contribution >= 4 is 11.7 Å². The van der Waals surface area contributed by atoms with E-state index in [2.05, 4.69) is 10.3 Å². The van der Waals surface area contributed by atoms with E-state index in [-0.39, 0.29) is 35.4 Å². The van der Waals surface area contributed by atoms with Crippen LogP contribution in [0.5, 0.6) is 0 Å². The van der Waals surface area contributed by atoms with Crippen molar-refractivity contribution in [3.8, 4) is 0 Å². The average Bonchev–Trinajstić information content (AvgIpc) is 3.25. The molecule has 3 aromatic rings. The number of ketones is 1. The van der Waals surface area contributed by atoms with Crippen LogP contribution in [0.4, 0.5) is 8.78 Å². The first-order valence-corrected chi connectivity index (χ1v) is 9.74. The molecule has 0 radical (unpaired) electrons. The third kappa shape index (κ3) is 4.12. The van der Waals surface area contributed by atoms with Gasteiger partial charge >= 0.3 is 0 Å². The number of nitrogens with zero attached hydrogens (tertiary/aromatic N) is 4. The Bertz CT molecular complexity index is 1050. The van der Waals surface area contributed by atoms with Gasteiger partial charge in [-0.1, -0.05) is 41.6 Å². The lowest BCUT2D eigenvalue weighted by atomic mass is 9.90. The molecule has 0 aliphatic carbocycles. The number of amides is 1. The number of piperidine rings is 1. The van der Waals surface area contributed by atoms with Gasteiger partial charge in [0.1, 0.15) is 11.6 Å². The predicted octanol–water partition coefficient (Wildman–Crippen LogP) is 3.34. The van der Waals surface area contributed by atoms with Crippen molar-refractivity contribution in [3.05, 3.63) is 83.2 Å². The van der Waals surface area contributed by atoms with Gasteiger partial charge in [-0.2, -0.15) is 0 Å². The molecular formula is C22H20F2N4O2. The quantitative estimate of drug-likeness (QED) is 0.605. The van der Waals surface area contributed by atoms with E-state index in [1.54, 1.807) is 17.0 Å². The molecule has 1 amide bonds. The molecule has 1 atom stereocenters. The Morgan fingerprint density at radius 1 is 1.03 bits per heavy atom. The minimum atomic E-state index is -0.684. The molecule has 0 bridgehead atoms. The van der Waals surface area contributed by atoms with Crippen LogP contribution < -0.4 is 0 Å². The van der Waals surface area contributed by atoms with Gasteiger partial charge in [-0.05, 0) is 25.0 Å². The number of rotatable bonds is 5. The Balaban J connectivity index is 1.45. The monoisotopic (exact) mass is 410 g/mol. The van der Waals surface area contributed by atoms with Crippen LogP contribution in [0.25, 0.3) is 0 Å². The van der Waals surface area contributed by atoms with Crippen molar-refractivity contribution in [3.63, 3.8) is 0 Å². The van der Waals surface area contributed by atoms with E-state index in [0.717, 1.165) is 6.42 Å². The van der Waals surface area contributed by atoms with Crippen molar-refractivity contribution in [2.24, 2.45) is 5.92 Å². The topological polar surface area (TPSA) is 68.1 Å². The van der Waals surface area contributed by atoms with Crippen molar-refractivity contribution < 1.29 is 18.4 Å². The summed E-state index contributed by atoms with van der Waals surface area (Å²) in [6.45, 7) is 0.654. The summed E-state index contributed by atoms with van der Waals surface area (Å²) < 4.78 is 28.9. The highest BCUT2D eigenvalue weighted by molar-refractivity contribution is 5.99. The average molecular weight is 410 g/mol. The highest BCUT2D eigenvalue weighted by Crippen LogP contribution is 2.22. The van der Waals surface area contributed by atoms with Crippen molar-refractivity contribution in [2.45, 2.75) is 19.4 Å². The minimum absolute atomic E-state index is 0.0202. The van der Waals surface area contributed by atoms with Gasteiger partial charge < -0.3 is 4.90 Å². The second-order valence-electron chi connectivity index (χ2n) is 7.32. The fourth-order valence-electron chi connectivity index (χ4n) is 3.69. The Kier molecular flexibility index (Phi) is 5.65. The second kappa shape index (κ2) is 8.52. The Morgan fingerprint density at radius 3 is 2.50 bits per heavy atom. The number of carbonyl (C=O) groups excluding carboxylic acids is 2. The highest BCUT2D eigenvalue weighted by Gasteiger charge is 2.30. The third-order valence-electron chi connectivity index (χ3n) is 5.28. The van der Waals surface area contributed by atoms with Gasteiger partial charge in [-0.15, -0.1) is 5.10 Å². The van der Waals surface area contributed by atoms with Crippen LogP contribution in [-0.2, 0) is 6.54 Å². The molecule has 154 valence electrons. The molecule has 1 saturated heterocycles. The summed E-state index contributed by atoms with van der Waals surface area (Å²) in [5, 5.41) is 7.70. The van der Waals surface area contributed by atoms with Crippen molar-refractivity contribution in [2.75, 3.05) is 13.1 Å². The maximum atomic E-state index is 13.8. The lowest BCUT2D eigenvalue weighted by Gasteiger charge is -2.31. The number of Topliss-reactive ketones (excluding diaryl/α,β-unsaturated/α-hetero) is 1. The summed E-state index contributed by atoms with van der Waals surface area (Å²) in [7, 11) is 0. The number of hydrogen-bond donors (Lipinski definition) is 0. The lowest BCUT2D eigenvalue weighted by Crippen LogP contribution is -2.42. The smallest absolute Gasteiger partial charge is 0.276 e. The maximum absolute atomic E-state index is 13.8. The number of benzene rings is 2. The second-order valence-corrected chi connectivity index (χ2v) is 7.32. The van der Waals surface area contributed by atoms with E-state index >= 15 is 0 Å².